The highest BCUT2D eigenvalue weighted by Gasteiger charge is 2.26. The lowest BCUT2D eigenvalue weighted by Gasteiger charge is -2.30. The van der Waals surface area contributed by atoms with Crippen LogP contribution in [0.15, 0.2) is 36.9 Å². The summed E-state index contributed by atoms with van der Waals surface area (Å²) in [6.07, 6.45) is 11.8. The second-order valence-electron chi connectivity index (χ2n) is 5.95. The Hall–Kier alpha value is -2.17. The summed E-state index contributed by atoms with van der Waals surface area (Å²) in [6, 6.07) is 4.21. The van der Waals surface area contributed by atoms with Gasteiger partial charge in [-0.15, -0.1) is 0 Å². The quantitative estimate of drug-likeness (QED) is 0.875. The molecule has 0 saturated carbocycles. The zero-order valence-corrected chi connectivity index (χ0v) is 13.0. The Morgan fingerprint density at radius 2 is 2.09 bits per heavy atom. The van der Waals surface area contributed by atoms with Crippen LogP contribution in [0.1, 0.15) is 42.9 Å². The number of pyridine rings is 1. The average Bonchev–Trinajstić information content (AvgIpc) is 2.80. The highest BCUT2D eigenvalue weighted by atomic mass is 16.2. The Morgan fingerprint density at radius 1 is 1.27 bits per heavy atom. The molecule has 0 aromatic carbocycles. The second-order valence-corrected chi connectivity index (χ2v) is 5.95. The van der Waals surface area contributed by atoms with Gasteiger partial charge < -0.3 is 4.90 Å². The topological polar surface area (TPSA) is 51.0 Å². The van der Waals surface area contributed by atoms with E-state index in [1.807, 2.05) is 30.2 Å². The Morgan fingerprint density at radius 3 is 2.82 bits per heavy atom. The maximum absolute atomic E-state index is 12.8. The summed E-state index contributed by atoms with van der Waals surface area (Å²) in [7, 11) is 0. The van der Waals surface area contributed by atoms with Crippen LogP contribution in [0.4, 0.5) is 0 Å². The Balaban J connectivity index is 1.79. The van der Waals surface area contributed by atoms with Gasteiger partial charge in [-0.1, -0.05) is 12.8 Å². The van der Waals surface area contributed by atoms with Crippen LogP contribution in [-0.2, 0) is 11.3 Å². The van der Waals surface area contributed by atoms with Gasteiger partial charge in [0.05, 0.1) is 12.2 Å². The summed E-state index contributed by atoms with van der Waals surface area (Å²) in [4.78, 5) is 18.9. The van der Waals surface area contributed by atoms with Gasteiger partial charge in [-0.2, -0.15) is 5.10 Å². The van der Waals surface area contributed by atoms with Crippen molar-refractivity contribution < 1.29 is 4.79 Å². The van der Waals surface area contributed by atoms with E-state index in [2.05, 4.69) is 10.1 Å². The van der Waals surface area contributed by atoms with Crippen molar-refractivity contribution in [3.8, 4) is 0 Å². The van der Waals surface area contributed by atoms with E-state index in [9.17, 15) is 4.79 Å². The van der Waals surface area contributed by atoms with Gasteiger partial charge in [0.25, 0.3) is 0 Å². The molecular weight excluding hydrogens is 276 g/mol. The second kappa shape index (κ2) is 6.73. The van der Waals surface area contributed by atoms with Crippen LogP contribution in [0.3, 0.4) is 0 Å². The molecule has 0 unspecified atom stereocenters. The van der Waals surface area contributed by atoms with Crippen molar-refractivity contribution in [3.05, 3.63) is 48.0 Å². The molecule has 0 N–H and O–H groups in total. The molecule has 2 aromatic rings. The fourth-order valence-electron chi connectivity index (χ4n) is 3.12. The molecule has 0 aliphatic carbocycles. The van der Waals surface area contributed by atoms with Crippen LogP contribution < -0.4 is 0 Å². The fourth-order valence-corrected chi connectivity index (χ4v) is 3.12. The molecule has 3 rings (SSSR count). The third kappa shape index (κ3) is 3.35. The standard InChI is InChI=1S/C17H22N4O/c1-14-11-19-20(12-14)13-17(22)21-10-4-2-3-5-16(21)15-6-8-18-9-7-15/h6-9,11-12,16H,2-5,10,13H2,1H3/t16-/m0/s1. The number of rotatable bonds is 3. The van der Waals surface area contributed by atoms with Crippen molar-refractivity contribution in [3.63, 3.8) is 0 Å². The largest absolute Gasteiger partial charge is 0.334 e. The molecule has 0 spiro atoms. The van der Waals surface area contributed by atoms with Crippen molar-refractivity contribution >= 4 is 5.91 Å². The summed E-state index contributed by atoms with van der Waals surface area (Å²) in [5.74, 6) is 0.145. The number of carbonyl (C=O) groups excluding carboxylic acids is 1. The molecule has 22 heavy (non-hydrogen) atoms. The molecule has 1 amide bonds. The molecule has 0 bridgehead atoms. The van der Waals surface area contributed by atoms with Gasteiger partial charge in [0.15, 0.2) is 0 Å². The van der Waals surface area contributed by atoms with Gasteiger partial charge in [0.1, 0.15) is 6.54 Å². The minimum atomic E-state index is 0.145. The number of aromatic nitrogens is 3. The van der Waals surface area contributed by atoms with Gasteiger partial charge in [0, 0.05) is 25.1 Å². The highest BCUT2D eigenvalue weighted by molar-refractivity contribution is 5.76. The zero-order valence-electron chi connectivity index (χ0n) is 13.0. The number of likely N-dealkylation sites (tertiary alicyclic amines) is 1. The normalized spacial score (nSPS) is 19.0. The Labute approximate surface area is 131 Å². The number of carbonyl (C=O) groups is 1. The van der Waals surface area contributed by atoms with E-state index in [1.54, 1.807) is 23.3 Å². The number of nitrogens with zero attached hydrogens (tertiary/aromatic N) is 4. The first-order valence-corrected chi connectivity index (χ1v) is 7.92. The maximum Gasteiger partial charge on any atom is 0.244 e. The van der Waals surface area contributed by atoms with Crippen LogP contribution >= 0.6 is 0 Å². The van der Waals surface area contributed by atoms with Gasteiger partial charge in [-0.3, -0.25) is 14.5 Å². The average molecular weight is 298 g/mol. The van der Waals surface area contributed by atoms with E-state index >= 15 is 0 Å². The lowest BCUT2D eigenvalue weighted by Crippen LogP contribution is -2.37. The first-order chi connectivity index (χ1) is 10.7. The molecule has 1 fully saturated rings. The van der Waals surface area contributed by atoms with Crippen molar-refractivity contribution in [2.75, 3.05) is 6.54 Å². The third-order valence-corrected chi connectivity index (χ3v) is 4.22. The van der Waals surface area contributed by atoms with E-state index < -0.39 is 0 Å². The first-order valence-electron chi connectivity index (χ1n) is 7.92. The molecule has 1 aliphatic heterocycles. The van der Waals surface area contributed by atoms with E-state index in [1.165, 1.54) is 12.0 Å². The van der Waals surface area contributed by atoms with Crippen LogP contribution in [0.5, 0.6) is 0 Å². The summed E-state index contributed by atoms with van der Waals surface area (Å²) >= 11 is 0. The minimum absolute atomic E-state index is 0.145. The molecule has 0 radical (unpaired) electrons. The Kier molecular flexibility index (Phi) is 4.51. The predicted octanol–water partition coefficient (Wildman–Crippen LogP) is 2.73. The summed E-state index contributed by atoms with van der Waals surface area (Å²) in [5, 5.41) is 4.23. The number of hydrogen-bond donors (Lipinski definition) is 0. The van der Waals surface area contributed by atoms with E-state index in [4.69, 9.17) is 0 Å². The molecule has 5 heteroatoms. The zero-order chi connectivity index (χ0) is 15.4. The maximum atomic E-state index is 12.8. The minimum Gasteiger partial charge on any atom is -0.334 e. The van der Waals surface area contributed by atoms with E-state index in [-0.39, 0.29) is 11.9 Å². The molecule has 1 saturated heterocycles. The molecule has 116 valence electrons. The van der Waals surface area contributed by atoms with Gasteiger partial charge in [0.2, 0.25) is 5.91 Å². The summed E-state index contributed by atoms with van der Waals surface area (Å²) < 4.78 is 1.73. The number of hydrogen-bond acceptors (Lipinski definition) is 3. The number of amides is 1. The van der Waals surface area contributed by atoms with Crippen molar-refractivity contribution in [1.29, 1.82) is 0 Å². The van der Waals surface area contributed by atoms with Crippen LogP contribution in [-0.4, -0.2) is 32.1 Å². The predicted molar refractivity (Wildman–Crippen MR) is 84.1 cm³/mol. The van der Waals surface area contributed by atoms with Crippen LogP contribution in [0.2, 0.25) is 0 Å². The summed E-state index contributed by atoms with van der Waals surface area (Å²) in [6.45, 7) is 3.13. The molecular formula is C17H22N4O. The lowest BCUT2D eigenvalue weighted by molar-refractivity contribution is -0.134. The van der Waals surface area contributed by atoms with E-state index in [0.717, 1.165) is 31.4 Å². The van der Waals surface area contributed by atoms with Crippen molar-refractivity contribution in [2.24, 2.45) is 0 Å². The molecule has 1 atom stereocenters. The van der Waals surface area contributed by atoms with Gasteiger partial charge in [-0.25, -0.2) is 0 Å². The Bertz CT molecular complexity index is 623. The molecule has 3 heterocycles. The smallest absolute Gasteiger partial charge is 0.244 e. The number of aryl methyl sites for hydroxylation is 1. The van der Waals surface area contributed by atoms with Crippen LogP contribution in [0, 0.1) is 6.92 Å². The summed E-state index contributed by atoms with van der Waals surface area (Å²) in [5.41, 5.74) is 2.26. The lowest BCUT2D eigenvalue weighted by atomic mass is 10.0. The van der Waals surface area contributed by atoms with E-state index in [0.29, 0.717) is 6.54 Å². The van der Waals surface area contributed by atoms with Crippen molar-refractivity contribution in [2.45, 2.75) is 45.2 Å². The highest BCUT2D eigenvalue weighted by Crippen LogP contribution is 2.30. The van der Waals surface area contributed by atoms with Gasteiger partial charge >= 0.3 is 0 Å². The van der Waals surface area contributed by atoms with Crippen molar-refractivity contribution in [1.82, 2.24) is 19.7 Å². The SMILES string of the molecule is Cc1cnn(CC(=O)N2CCCCC[C@H]2c2ccncc2)c1. The fraction of sp³-hybridized carbons (Fsp3) is 0.471. The van der Waals surface area contributed by atoms with Crippen LogP contribution in [0.25, 0.3) is 0 Å². The molecule has 2 aromatic heterocycles. The molecule has 5 nitrogen and oxygen atoms in total. The monoisotopic (exact) mass is 298 g/mol. The third-order valence-electron chi connectivity index (χ3n) is 4.22. The first kappa shape index (κ1) is 14.8. The van der Waals surface area contributed by atoms with Gasteiger partial charge in [-0.05, 0) is 43.0 Å². The molecule has 1 aliphatic rings.